The summed E-state index contributed by atoms with van der Waals surface area (Å²) >= 11 is 0. The van der Waals surface area contributed by atoms with Gasteiger partial charge in [-0.2, -0.15) is 0 Å². The number of aryl methyl sites for hydroxylation is 1. The number of hydrogen-bond acceptors (Lipinski definition) is 2. The topological polar surface area (TPSA) is 24.9 Å². The van der Waals surface area contributed by atoms with Crippen LogP contribution in [-0.2, 0) is 0 Å². The maximum Gasteiger partial charge on any atom is 0.0352 e. The maximum atomic E-state index is 4.47. The molecule has 1 aliphatic rings. The zero-order valence-electron chi connectivity index (χ0n) is 14.3. The fourth-order valence-electron chi connectivity index (χ4n) is 3.86. The van der Waals surface area contributed by atoms with E-state index in [1.54, 1.807) is 0 Å². The third-order valence-electron chi connectivity index (χ3n) is 5.15. The van der Waals surface area contributed by atoms with Gasteiger partial charge in [0.2, 0.25) is 0 Å². The average molecular weight is 316 g/mol. The Morgan fingerprint density at radius 2 is 1.71 bits per heavy atom. The molecule has 0 amide bonds. The van der Waals surface area contributed by atoms with Crippen LogP contribution in [-0.4, -0.2) is 11.0 Å². The third kappa shape index (κ3) is 3.01. The SMILES string of the molecule is Cc1cc(NC2CCCCC2)cc2c(-c3ccccc3)cncc12. The highest BCUT2D eigenvalue weighted by molar-refractivity contribution is 5.99. The first-order chi connectivity index (χ1) is 11.8. The number of benzene rings is 2. The minimum atomic E-state index is 0.623. The summed E-state index contributed by atoms with van der Waals surface area (Å²) in [5, 5.41) is 6.30. The summed E-state index contributed by atoms with van der Waals surface area (Å²) in [5.41, 5.74) is 4.97. The maximum absolute atomic E-state index is 4.47. The van der Waals surface area contributed by atoms with Crippen LogP contribution in [0, 0.1) is 6.92 Å². The van der Waals surface area contributed by atoms with Crippen molar-refractivity contribution in [2.75, 3.05) is 5.32 Å². The summed E-state index contributed by atoms with van der Waals surface area (Å²) in [6.07, 6.45) is 10.6. The molecule has 1 aliphatic carbocycles. The number of anilines is 1. The number of nitrogens with one attached hydrogen (secondary N) is 1. The highest BCUT2D eigenvalue weighted by Gasteiger charge is 2.14. The quantitative estimate of drug-likeness (QED) is 0.645. The van der Waals surface area contributed by atoms with Crippen molar-refractivity contribution in [2.45, 2.75) is 45.1 Å². The van der Waals surface area contributed by atoms with Gasteiger partial charge in [-0.05, 0) is 48.4 Å². The molecule has 1 N–H and O–H groups in total. The summed E-state index contributed by atoms with van der Waals surface area (Å²) in [4.78, 5) is 4.47. The van der Waals surface area contributed by atoms with Gasteiger partial charge in [-0.1, -0.05) is 49.6 Å². The van der Waals surface area contributed by atoms with Gasteiger partial charge in [0.25, 0.3) is 0 Å². The third-order valence-corrected chi connectivity index (χ3v) is 5.15. The van der Waals surface area contributed by atoms with Crippen molar-refractivity contribution in [3.05, 3.63) is 60.4 Å². The van der Waals surface area contributed by atoms with Gasteiger partial charge in [0.05, 0.1) is 0 Å². The van der Waals surface area contributed by atoms with Crippen molar-refractivity contribution in [1.82, 2.24) is 4.98 Å². The van der Waals surface area contributed by atoms with Crippen molar-refractivity contribution >= 4 is 16.5 Å². The smallest absolute Gasteiger partial charge is 0.0352 e. The lowest BCUT2D eigenvalue weighted by molar-refractivity contribution is 0.463. The second kappa shape index (κ2) is 6.64. The second-order valence-corrected chi connectivity index (χ2v) is 6.92. The van der Waals surface area contributed by atoms with E-state index in [-0.39, 0.29) is 0 Å². The Labute approximate surface area is 143 Å². The Kier molecular flexibility index (Phi) is 4.20. The van der Waals surface area contributed by atoms with E-state index in [4.69, 9.17) is 0 Å². The van der Waals surface area contributed by atoms with Crippen molar-refractivity contribution in [1.29, 1.82) is 0 Å². The molecule has 1 aromatic heterocycles. The number of fused-ring (bicyclic) bond motifs is 1. The van der Waals surface area contributed by atoms with Gasteiger partial charge in [-0.15, -0.1) is 0 Å². The molecule has 0 bridgehead atoms. The molecule has 24 heavy (non-hydrogen) atoms. The van der Waals surface area contributed by atoms with E-state index in [2.05, 4.69) is 59.7 Å². The minimum absolute atomic E-state index is 0.623. The summed E-state index contributed by atoms with van der Waals surface area (Å²) in [7, 11) is 0. The number of rotatable bonds is 3. The van der Waals surface area contributed by atoms with Crippen LogP contribution in [0.2, 0.25) is 0 Å². The van der Waals surface area contributed by atoms with Gasteiger partial charge in [-0.3, -0.25) is 4.98 Å². The van der Waals surface area contributed by atoms with Crippen LogP contribution >= 0.6 is 0 Å². The predicted octanol–water partition coefficient (Wildman–Crippen LogP) is 5.95. The molecular weight excluding hydrogens is 292 g/mol. The van der Waals surface area contributed by atoms with E-state index in [9.17, 15) is 0 Å². The molecule has 4 rings (SSSR count). The van der Waals surface area contributed by atoms with Gasteiger partial charge in [0, 0.05) is 35.1 Å². The first-order valence-electron chi connectivity index (χ1n) is 9.01. The standard InChI is InChI=1S/C22H24N2/c1-16-12-19(24-18-10-6-3-7-11-18)13-20-21(16)14-23-15-22(20)17-8-4-2-5-9-17/h2,4-5,8-9,12-15,18,24H,3,6-7,10-11H2,1H3. The molecular formula is C22H24N2. The van der Waals surface area contributed by atoms with Crippen molar-refractivity contribution in [2.24, 2.45) is 0 Å². The van der Waals surface area contributed by atoms with E-state index in [0.29, 0.717) is 6.04 Å². The summed E-state index contributed by atoms with van der Waals surface area (Å²) < 4.78 is 0. The first-order valence-corrected chi connectivity index (χ1v) is 9.01. The molecule has 1 saturated carbocycles. The molecule has 1 heterocycles. The molecule has 0 unspecified atom stereocenters. The highest BCUT2D eigenvalue weighted by Crippen LogP contribution is 2.32. The van der Waals surface area contributed by atoms with E-state index in [0.717, 1.165) is 0 Å². The van der Waals surface area contributed by atoms with Crippen molar-refractivity contribution < 1.29 is 0 Å². The summed E-state index contributed by atoms with van der Waals surface area (Å²) in [5.74, 6) is 0. The average Bonchev–Trinajstić information content (AvgIpc) is 2.63. The van der Waals surface area contributed by atoms with Crippen molar-refractivity contribution in [3.8, 4) is 11.1 Å². The molecule has 0 atom stereocenters. The van der Waals surface area contributed by atoms with E-state index < -0.39 is 0 Å². The molecule has 2 heteroatoms. The molecule has 0 radical (unpaired) electrons. The number of hydrogen-bond donors (Lipinski definition) is 1. The lowest BCUT2D eigenvalue weighted by atomic mass is 9.94. The van der Waals surface area contributed by atoms with Crippen LogP contribution < -0.4 is 5.32 Å². The number of aromatic nitrogens is 1. The Hall–Kier alpha value is -2.35. The molecule has 1 fully saturated rings. The van der Waals surface area contributed by atoms with Crippen molar-refractivity contribution in [3.63, 3.8) is 0 Å². The molecule has 3 aromatic rings. The highest BCUT2D eigenvalue weighted by atomic mass is 14.9. The van der Waals surface area contributed by atoms with Gasteiger partial charge in [0.15, 0.2) is 0 Å². The molecule has 0 saturated heterocycles. The van der Waals surface area contributed by atoms with E-state index in [1.165, 1.54) is 65.3 Å². The molecule has 2 nitrogen and oxygen atoms in total. The van der Waals surface area contributed by atoms with Crippen LogP contribution in [0.25, 0.3) is 21.9 Å². The second-order valence-electron chi connectivity index (χ2n) is 6.92. The zero-order valence-corrected chi connectivity index (χ0v) is 14.3. The van der Waals surface area contributed by atoms with E-state index >= 15 is 0 Å². The number of pyridine rings is 1. The first kappa shape index (κ1) is 15.2. The monoisotopic (exact) mass is 316 g/mol. The van der Waals surface area contributed by atoms with Gasteiger partial charge >= 0.3 is 0 Å². The normalized spacial score (nSPS) is 15.5. The Morgan fingerprint density at radius 1 is 0.917 bits per heavy atom. The van der Waals surface area contributed by atoms with Crippen LogP contribution in [0.1, 0.15) is 37.7 Å². The number of nitrogens with zero attached hydrogens (tertiary/aromatic N) is 1. The largest absolute Gasteiger partial charge is 0.382 e. The Morgan fingerprint density at radius 3 is 2.50 bits per heavy atom. The molecule has 0 aliphatic heterocycles. The Bertz CT molecular complexity index is 833. The molecule has 0 spiro atoms. The van der Waals surface area contributed by atoms with Crippen LogP contribution in [0.4, 0.5) is 5.69 Å². The molecule has 122 valence electrons. The fourth-order valence-corrected chi connectivity index (χ4v) is 3.86. The lowest BCUT2D eigenvalue weighted by Crippen LogP contribution is -2.22. The predicted molar refractivity (Wildman–Crippen MR) is 102 cm³/mol. The fraction of sp³-hybridized carbons (Fsp3) is 0.318. The summed E-state index contributed by atoms with van der Waals surface area (Å²) in [6.45, 7) is 2.19. The van der Waals surface area contributed by atoms with Crippen LogP contribution in [0.3, 0.4) is 0 Å². The van der Waals surface area contributed by atoms with Crippen LogP contribution in [0.15, 0.2) is 54.9 Å². The Balaban J connectivity index is 1.77. The van der Waals surface area contributed by atoms with Gasteiger partial charge in [-0.25, -0.2) is 0 Å². The van der Waals surface area contributed by atoms with Gasteiger partial charge in [0.1, 0.15) is 0 Å². The lowest BCUT2D eigenvalue weighted by Gasteiger charge is -2.24. The van der Waals surface area contributed by atoms with Gasteiger partial charge < -0.3 is 5.32 Å². The van der Waals surface area contributed by atoms with Crippen LogP contribution in [0.5, 0.6) is 0 Å². The molecule has 2 aromatic carbocycles. The minimum Gasteiger partial charge on any atom is -0.382 e. The zero-order chi connectivity index (χ0) is 16.4. The van der Waals surface area contributed by atoms with E-state index in [1.807, 2.05) is 12.4 Å². The summed E-state index contributed by atoms with van der Waals surface area (Å²) in [6, 6.07) is 15.8.